The number of nitrogens with zero attached hydrogens (tertiary/aromatic N) is 1. The van der Waals surface area contributed by atoms with Crippen molar-refractivity contribution in [2.75, 3.05) is 0 Å². The van der Waals surface area contributed by atoms with Crippen LogP contribution in [0.1, 0.15) is 11.1 Å². The summed E-state index contributed by atoms with van der Waals surface area (Å²) >= 11 is 0. The van der Waals surface area contributed by atoms with Gasteiger partial charge >= 0.3 is 0 Å². The van der Waals surface area contributed by atoms with Crippen molar-refractivity contribution in [3.8, 4) is 22.4 Å². The van der Waals surface area contributed by atoms with Gasteiger partial charge in [0.25, 0.3) is 0 Å². The second kappa shape index (κ2) is 6.10. The molecule has 2 heteroatoms. The molecule has 0 aliphatic rings. The fourth-order valence-electron chi connectivity index (χ4n) is 3.73. The van der Waals surface area contributed by atoms with Crippen LogP contribution in [0.5, 0.6) is 0 Å². The van der Waals surface area contributed by atoms with Gasteiger partial charge in [-0.15, -0.1) is 0 Å². The molecule has 0 amide bonds. The van der Waals surface area contributed by atoms with E-state index < -0.39 is 0 Å². The first-order chi connectivity index (χ1) is 13.2. The highest BCUT2D eigenvalue weighted by molar-refractivity contribution is 6.16. The molecule has 0 aliphatic heterocycles. The maximum Gasteiger partial charge on any atom is 0.143 e. The molecule has 27 heavy (non-hydrogen) atoms. The van der Waals surface area contributed by atoms with Gasteiger partial charge in [-0.25, -0.2) is 0 Å². The monoisotopic (exact) mass is 349 g/mol. The Hall–Kier alpha value is -3.39. The Morgan fingerprint density at radius 2 is 1.52 bits per heavy atom. The molecule has 2 aromatic heterocycles. The predicted molar refractivity (Wildman–Crippen MR) is 112 cm³/mol. The Balaban J connectivity index is 1.91. The van der Waals surface area contributed by atoms with Crippen LogP contribution in [0.2, 0.25) is 0 Å². The smallest absolute Gasteiger partial charge is 0.143 e. The standard InChI is InChI=1S/C25H19NO/c1-16-8-9-21-23(15-16)27-25-19(18-6-4-3-5-7-18)10-11-20(24(21)25)22-14-17(2)12-13-26-22/h3-15H,1-2H3. The minimum absolute atomic E-state index is 0.919. The SMILES string of the molecule is Cc1ccnc(-c2ccc(-c3ccccc3)c3oc4cc(C)ccc4c23)c1. The van der Waals surface area contributed by atoms with Gasteiger partial charge in [-0.1, -0.05) is 48.5 Å². The van der Waals surface area contributed by atoms with Crippen molar-refractivity contribution >= 4 is 21.9 Å². The molecule has 0 radical (unpaired) electrons. The van der Waals surface area contributed by atoms with Crippen LogP contribution in [-0.4, -0.2) is 4.98 Å². The Morgan fingerprint density at radius 1 is 0.741 bits per heavy atom. The summed E-state index contributed by atoms with van der Waals surface area (Å²) in [7, 11) is 0. The van der Waals surface area contributed by atoms with Gasteiger partial charge in [-0.2, -0.15) is 0 Å². The highest BCUT2D eigenvalue weighted by Gasteiger charge is 2.17. The van der Waals surface area contributed by atoms with E-state index in [4.69, 9.17) is 4.42 Å². The van der Waals surface area contributed by atoms with Crippen LogP contribution < -0.4 is 0 Å². The summed E-state index contributed by atoms with van der Waals surface area (Å²) in [5.74, 6) is 0. The molecule has 0 spiro atoms. The van der Waals surface area contributed by atoms with Gasteiger partial charge in [0.2, 0.25) is 0 Å². The van der Waals surface area contributed by atoms with Gasteiger partial charge in [-0.05, 0) is 54.8 Å². The number of aryl methyl sites for hydroxylation is 2. The molecule has 0 bridgehead atoms. The van der Waals surface area contributed by atoms with E-state index in [9.17, 15) is 0 Å². The second-order valence-electron chi connectivity index (χ2n) is 7.05. The molecule has 5 rings (SSSR count). The summed E-state index contributed by atoms with van der Waals surface area (Å²) in [5.41, 5.74) is 8.57. The number of hydrogen-bond acceptors (Lipinski definition) is 2. The summed E-state index contributed by atoms with van der Waals surface area (Å²) < 4.78 is 6.38. The molecule has 2 nitrogen and oxygen atoms in total. The zero-order chi connectivity index (χ0) is 18.4. The number of rotatable bonds is 2. The third-order valence-electron chi connectivity index (χ3n) is 5.05. The van der Waals surface area contributed by atoms with E-state index in [1.54, 1.807) is 0 Å². The zero-order valence-corrected chi connectivity index (χ0v) is 15.4. The molecule has 0 saturated heterocycles. The van der Waals surface area contributed by atoms with E-state index >= 15 is 0 Å². The lowest BCUT2D eigenvalue weighted by Gasteiger charge is -2.08. The number of pyridine rings is 1. The van der Waals surface area contributed by atoms with Crippen LogP contribution in [0, 0.1) is 13.8 Å². The minimum atomic E-state index is 0.919. The Bertz CT molecular complexity index is 1280. The first-order valence-electron chi connectivity index (χ1n) is 9.15. The fourth-order valence-corrected chi connectivity index (χ4v) is 3.73. The van der Waals surface area contributed by atoms with Crippen molar-refractivity contribution in [2.24, 2.45) is 0 Å². The fraction of sp³-hybridized carbons (Fsp3) is 0.0800. The molecule has 0 aliphatic carbocycles. The van der Waals surface area contributed by atoms with Crippen molar-refractivity contribution < 1.29 is 4.42 Å². The minimum Gasteiger partial charge on any atom is -0.455 e. The molecule has 3 aromatic carbocycles. The molecule has 130 valence electrons. The first-order valence-corrected chi connectivity index (χ1v) is 9.15. The van der Waals surface area contributed by atoms with Gasteiger partial charge in [-0.3, -0.25) is 4.98 Å². The molecule has 2 heterocycles. The number of fused-ring (bicyclic) bond motifs is 3. The molecular formula is C25H19NO. The summed E-state index contributed by atoms with van der Waals surface area (Å²) in [6.07, 6.45) is 1.87. The lowest BCUT2D eigenvalue weighted by molar-refractivity contribution is 0.669. The Labute approximate surface area is 158 Å². The summed E-state index contributed by atoms with van der Waals surface area (Å²) in [4.78, 5) is 4.62. The van der Waals surface area contributed by atoms with Crippen molar-refractivity contribution in [3.63, 3.8) is 0 Å². The third kappa shape index (κ3) is 2.61. The second-order valence-corrected chi connectivity index (χ2v) is 7.05. The highest BCUT2D eigenvalue weighted by Crippen LogP contribution is 2.41. The largest absolute Gasteiger partial charge is 0.455 e. The molecule has 0 unspecified atom stereocenters. The normalized spacial score (nSPS) is 11.3. The van der Waals surface area contributed by atoms with Crippen LogP contribution in [0.25, 0.3) is 44.3 Å². The van der Waals surface area contributed by atoms with Gasteiger partial charge < -0.3 is 4.42 Å². The summed E-state index contributed by atoms with van der Waals surface area (Å²) in [5, 5.41) is 2.26. The van der Waals surface area contributed by atoms with E-state index in [0.717, 1.165) is 44.3 Å². The lowest BCUT2D eigenvalue weighted by atomic mass is 9.96. The molecule has 0 fully saturated rings. The van der Waals surface area contributed by atoms with Crippen molar-refractivity contribution in [3.05, 3.63) is 90.1 Å². The van der Waals surface area contributed by atoms with Gasteiger partial charge in [0.15, 0.2) is 0 Å². The highest BCUT2D eigenvalue weighted by atomic mass is 16.3. The zero-order valence-electron chi connectivity index (χ0n) is 15.4. The van der Waals surface area contributed by atoms with Gasteiger partial charge in [0.1, 0.15) is 11.2 Å². The predicted octanol–water partition coefficient (Wildman–Crippen LogP) is 6.93. The molecule has 0 N–H and O–H groups in total. The molecular weight excluding hydrogens is 330 g/mol. The van der Waals surface area contributed by atoms with Crippen LogP contribution in [0.3, 0.4) is 0 Å². The van der Waals surface area contributed by atoms with Gasteiger partial charge in [0, 0.05) is 28.1 Å². The van der Waals surface area contributed by atoms with Crippen LogP contribution in [-0.2, 0) is 0 Å². The maximum atomic E-state index is 6.38. The molecule has 0 atom stereocenters. The lowest BCUT2D eigenvalue weighted by Crippen LogP contribution is -1.87. The first kappa shape index (κ1) is 15.8. The van der Waals surface area contributed by atoms with E-state index in [1.807, 2.05) is 18.3 Å². The topological polar surface area (TPSA) is 26.0 Å². The average Bonchev–Trinajstić information content (AvgIpc) is 3.06. The van der Waals surface area contributed by atoms with Crippen molar-refractivity contribution in [1.29, 1.82) is 0 Å². The van der Waals surface area contributed by atoms with Crippen LogP contribution in [0.15, 0.2) is 83.4 Å². The van der Waals surface area contributed by atoms with E-state index in [-0.39, 0.29) is 0 Å². The van der Waals surface area contributed by atoms with E-state index in [1.165, 1.54) is 11.1 Å². The summed E-state index contributed by atoms with van der Waals surface area (Å²) in [6, 6.07) is 25.3. The third-order valence-corrected chi connectivity index (χ3v) is 5.05. The van der Waals surface area contributed by atoms with Crippen molar-refractivity contribution in [2.45, 2.75) is 13.8 Å². The van der Waals surface area contributed by atoms with Crippen LogP contribution >= 0.6 is 0 Å². The number of aromatic nitrogens is 1. The summed E-state index contributed by atoms with van der Waals surface area (Å²) in [6.45, 7) is 4.19. The molecule has 5 aromatic rings. The number of hydrogen-bond donors (Lipinski definition) is 0. The quantitative estimate of drug-likeness (QED) is 0.345. The number of benzene rings is 3. The maximum absolute atomic E-state index is 6.38. The number of furan rings is 1. The Morgan fingerprint density at radius 3 is 2.33 bits per heavy atom. The van der Waals surface area contributed by atoms with Crippen LogP contribution in [0.4, 0.5) is 0 Å². The van der Waals surface area contributed by atoms with Crippen molar-refractivity contribution in [1.82, 2.24) is 4.98 Å². The van der Waals surface area contributed by atoms with E-state index in [2.05, 4.69) is 79.5 Å². The van der Waals surface area contributed by atoms with E-state index in [0.29, 0.717) is 0 Å². The van der Waals surface area contributed by atoms with Gasteiger partial charge in [0.05, 0.1) is 5.69 Å². The average molecular weight is 349 g/mol. The Kier molecular flexibility index (Phi) is 3.58. The molecule has 0 saturated carbocycles.